The van der Waals surface area contributed by atoms with E-state index in [-0.39, 0.29) is 34.3 Å². The van der Waals surface area contributed by atoms with E-state index < -0.39 is 80.0 Å². The lowest BCUT2D eigenvalue weighted by Crippen LogP contribution is -2.54. The number of imide groups is 2. The smallest absolute Gasteiger partial charge is 0.346 e. The number of aliphatic carboxylic acids is 1. The van der Waals surface area contributed by atoms with E-state index in [2.05, 4.69) is 24.0 Å². The number of amides is 4. The van der Waals surface area contributed by atoms with Gasteiger partial charge in [-0.1, -0.05) is 231 Å². The molecule has 21 nitrogen and oxygen atoms in total. The van der Waals surface area contributed by atoms with Crippen LogP contribution in [0, 0.1) is 11.3 Å². The normalized spacial score (nSPS) is 18.6. The maximum Gasteiger partial charge on any atom is 0.346 e. The number of esters is 2. The maximum atomic E-state index is 12.8. The summed E-state index contributed by atoms with van der Waals surface area (Å²) in [4.78, 5) is 144. The highest BCUT2D eigenvalue weighted by molar-refractivity contribution is 6.65. The fraction of sp³-hybridized carbons (Fsp3) is 0.235. The van der Waals surface area contributed by atoms with Crippen molar-refractivity contribution in [2.75, 3.05) is 0 Å². The second kappa shape index (κ2) is 40.8. The predicted molar refractivity (Wildman–Crippen MR) is 460 cm³/mol. The third-order valence-corrected chi connectivity index (χ3v) is 21.8. The number of nitrogens with two attached hydrogens (primary N) is 4. The van der Waals surface area contributed by atoms with Crippen molar-refractivity contribution < 1.29 is 67.4 Å². The number of rotatable bonds is 12. The number of hydrogen-bond donors (Lipinski definition) is 5. The van der Waals surface area contributed by atoms with Crippen LogP contribution in [0.15, 0.2) is 280 Å². The molecule has 0 fully saturated rings. The van der Waals surface area contributed by atoms with Gasteiger partial charge in [0.25, 0.3) is 28.9 Å². The molecule has 16 rings (SSSR count). The summed E-state index contributed by atoms with van der Waals surface area (Å²) in [7, 11) is 0. The zero-order valence-corrected chi connectivity index (χ0v) is 68.9. The first-order chi connectivity index (χ1) is 57.0. The summed E-state index contributed by atoms with van der Waals surface area (Å²) in [6, 6.07) is 82.5. The van der Waals surface area contributed by atoms with Gasteiger partial charge in [0.2, 0.25) is 0 Å². The van der Waals surface area contributed by atoms with E-state index >= 15 is 0 Å². The largest absolute Gasteiger partial charge is 0.480 e. The van der Waals surface area contributed by atoms with Gasteiger partial charge in [-0.2, -0.15) is 5.26 Å². The van der Waals surface area contributed by atoms with Gasteiger partial charge in [-0.25, -0.2) is 14.4 Å². The molecule has 9 N–H and O–H groups in total. The minimum absolute atomic E-state index is 0.0781. The zero-order chi connectivity index (χ0) is 87.9. The topological polar surface area (TPSA) is 369 Å². The number of carbonyl (C=O) groups excluding carboxylic acids is 11. The van der Waals surface area contributed by atoms with Crippen LogP contribution in [0.2, 0.25) is 0 Å². The molecule has 6 aliphatic rings. The van der Waals surface area contributed by atoms with Crippen molar-refractivity contribution in [1.29, 1.82) is 5.26 Å². The Bertz CT molecular complexity index is 5390. The Balaban J connectivity index is 0.000000173. The number of ketones is 4. The molecule has 22 heteroatoms. The Morgan fingerprint density at radius 2 is 0.842 bits per heavy atom. The van der Waals surface area contributed by atoms with E-state index in [1.165, 1.54) is 30.5 Å². The zero-order valence-electron chi connectivity index (χ0n) is 68.2. The molecule has 0 radical (unpaired) electrons. The number of cyclic esters (lactones) is 2. The van der Waals surface area contributed by atoms with Gasteiger partial charge < -0.3 is 37.6 Å². The maximum absolute atomic E-state index is 12.8. The van der Waals surface area contributed by atoms with Gasteiger partial charge in [0.05, 0.1) is 50.5 Å². The standard InChI is InChI=1S/C19H15NO3.C17H12ClNO3.C11H14N2.2C11H13NO.C10H12O.C9H11NO2.C8H4O3.C2H4/c1-19(15-9-5-2-6-12(15)10-11-16(19)21)20-17(22)13-7-3-4-8-14(13)18(20)23;1-17(16(18)22,11-7-3-2-4-8-11)19-14(20)12-9-5-6-10-13(12)15(19)21;1-11(13,9-12)8-7-10-5-3-2-4-6-10;1-11(12)7-6-8-4-2-3-5-9(8)10(11)13;1-11(12)9-5-3-2-4-8(9)6-7-10(11)13;1-9(11)7-8-10-5-3-2-4-6-10;1-9(10,8(11)12)7-5-3-2-4-6-7;9-7-5-3-1-2-4-6(5)8(10)11-7;1-2/h2-9H,10-11H2,1H3;2-10H,1H3;2-6H,7-8,13H2,1H3;2*2-5H,6-7,12H2,1H3;2-6H,7-8H2,1H3;2-6H,10H2,1H3,(H,11,12);1-4H;1-2H2. The van der Waals surface area contributed by atoms with Crippen molar-refractivity contribution in [3.05, 3.63) is 369 Å². The third-order valence-electron chi connectivity index (χ3n) is 21.4. The van der Waals surface area contributed by atoms with Gasteiger partial charge in [0, 0.05) is 24.8 Å². The average molecular weight is 1630 g/mol. The number of carbonyl (C=O) groups is 12. The molecule has 3 aliphatic carbocycles. The van der Waals surface area contributed by atoms with Crippen LogP contribution in [0.3, 0.4) is 0 Å². The van der Waals surface area contributed by atoms with Crippen molar-refractivity contribution in [3.63, 3.8) is 0 Å². The molecule has 120 heavy (non-hydrogen) atoms. The molecule has 3 aliphatic heterocycles. The molecule has 616 valence electrons. The Labute approximate surface area is 704 Å². The van der Waals surface area contributed by atoms with E-state index in [0.717, 1.165) is 69.7 Å². The van der Waals surface area contributed by atoms with E-state index in [9.17, 15) is 57.5 Å². The van der Waals surface area contributed by atoms with Crippen LogP contribution in [-0.2, 0) is 83.0 Å². The highest BCUT2D eigenvalue weighted by Gasteiger charge is 2.54. The summed E-state index contributed by atoms with van der Waals surface area (Å²) in [5.41, 5.74) is 28.5. The first kappa shape index (κ1) is 92.3. The highest BCUT2D eigenvalue weighted by atomic mass is 35.5. The van der Waals surface area contributed by atoms with Crippen LogP contribution < -0.4 is 22.9 Å². The number of nitrogens with zero attached hydrogens (tertiary/aromatic N) is 3. The van der Waals surface area contributed by atoms with Crippen LogP contribution in [0.25, 0.3) is 0 Å². The number of halogens is 1. The molecule has 0 bridgehead atoms. The lowest BCUT2D eigenvalue weighted by atomic mass is 9.75. The van der Waals surface area contributed by atoms with E-state index in [1.807, 2.05) is 146 Å². The van der Waals surface area contributed by atoms with Gasteiger partial charge in [-0.15, -0.1) is 13.2 Å². The van der Waals surface area contributed by atoms with E-state index in [0.29, 0.717) is 65.5 Å². The van der Waals surface area contributed by atoms with Gasteiger partial charge >= 0.3 is 17.9 Å². The molecule has 0 saturated carbocycles. The molecule has 10 aromatic rings. The lowest BCUT2D eigenvalue weighted by molar-refractivity contribution is -0.143. The molecular formula is C98H98ClN7O14. The number of nitriles is 1. The number of ether oxygens (including phenoxy) is 1. The Kier molecular flexibility index (Phi) is 31.4. The molecule has 0 spiro atoms. The van der Waals surface area contributed by atoms with Crippen LogP contribution in [-0.4, -0.2) is 95.9 Å². The van der Waals surface area contributed by atoms with Crippen molar-refractivity contribution in [2.24, 2.45) is 22.9 Å². The number of carboxylic acid groups (broad SMARTS) is 1. The highest BCUT2D eigenvalue weighted by Crippen LogP contribution is 2.43. The number of hydrogen-bond acceptors (Lipinski definition) is 18. The first-order valence-electron chi connectivity index (χ1n) is 38.9. The van der Waals surface area contributed by atoms with Crippen LogP contribution in [0.4, 0.5) is 0 Å². The third kappa shape index (κ3) is 21.6. The van der Waals surface area contributed by atoms with Gasteiger partial charge in [0.15, 0.2) is 17.3 Å². The predicted octanol–water partition coefficient (Wildman–Crippen LogP) is 15.4. The summed E-state index contributed by atoms with van der Waals surface area (Å²) in [5.74, 6) is -3.54. The lowest BCUT2D eigenvalue weighted by Gasteiger charge is -2.40. The van der Waals surface area contributed by atoms with Crippen molar-refractivity contribution in [1.82, 2.24) is 9.80 Å². The van der Waals surface area contributed by atoms with E-state index in [1.54, 1.807) is 155 Å². The van der Waals surface area contributed by atoms with Gasteiger partial charge in [-0.3, -0.25) is 48.2 Å². The fourth-order valence-electron chi connectivity index (χ4n) is 14.1. The average Bonchev–Trinajstić information content (AvgIpc) is 1.55. The second-order valence-corrected chi connectivity index (χ2v) is 30.7. The van der Waals surface area contributed by atoms with Crippen molar-refractivity contribution in [3.8, 4) is 6.07 Å². The van der Waals surface area contributed by atoms with Gasteiger partial charge in [-0.05, 0) is 191 Å². The van der Waals surface area contributed by atoms with Crippen LogP contribution in [0.1, 0.15) is 203 Å². The second-order valence-electron chi connectivity index (χ2n) is 30.3. The fourth-order valence-corrected chi connectivity index (χ4v) is 14.3. The number of benzene rings is 10. The molecule has 0 aromatic heterocycles. The summed E-state index contributed by atoms with van der Waals surface area (Å²) in [6.45, 7) is 17.6. The van der Waals surface area contributed by atoms with Crippen molar-refractivity contribution >= 4 is 81.5 Å². The first-order valence-corrected chi connectivity index (χ1v) is 39.3. The molecule has 4 amide bonds. The van der Waals surface area contributed by atoms with Crippen LogP contribution >= 0.6 is 11.6 Å². The van der Waals surface area contributed by atoms with Gasteiger partial charge in [0.1, 0.15) is 27.9 Å². The molecule has 6 unspecified atom stereocenters. The summed E-state index contributed by atoms with van der Waals surface area (Å²) in [5, 5.41) is 16.7. The molecule has 3 heterocycles. The summed E-state index contributed by atoms with van der Waals surface area (Å²) in [6.07, 6.45) is 7.15. The number of aryl methyl sites for hydroxylation is 5. The SMILES string of the molecule is C=C.CC(=O)CCc1ccccc1.CC(C(=O)Cl)(c1ccccc1)N1C(=O)c2ccccc2C1=O.CC(N)(C#N)CCc1ccccc1.CC(N)(C(=O)O)c1ccccc1.CC1(N)C(=O)CCc2ccccc21.CC1(N)CCc2ccccc2C1=O.CC1(N2C(=O)c3ccccc3C2=O)C(=O)CCc2ccccc21.O=C1OC(=O)c2ccccc21. The Hall–Kier alpha value is -13.2. The number of fused-ring (bicyclic) bond motifs is 6. The Morgan fingerprint density at radius 3 is 1.28 bits per heavy atom. The quantitative estimate of drug-likeness (QED) is 0.0249. The Morgan fingerprint density at radius 1 is 0.475 bits per heavy atom. The van der Waals surface area contributed by atoms with Crippen molar-refractivity contribution in [2.45, 2.75) is 146 Å². The molecule has 0 saturated heterocycles. The van der Waals surface area contributed by atoms with Crippen LogP contribution in [0.5, 0.6) is 0 Å². The molecular weight excluding hydrogens is 1530 g/mol. The molecule has 10 aromatic carbocycles. The minimum Gasteiger partial charge on any atom is -0.480 e. The number of carboxylic acids is 1. The van der Waals surface area contributed by atoms with E-state index in [4.69, 9.17) is 44.9 Å². The summed E-state index contributed by atoms with van der Waals surface area (Å²) >= 11 is 5.79. The molecule has 6 atom stereocenters. The number of Topliss-reactive ketones (excluding diaryl/α,β-unsaturated/α-hetero) is 4. The monoisotopic (exact) mass is 1630 g/mol. The minimum atomic E-state index is -1.55. The summed E-state index contributed by atoms with van der Waals surface area (Å²) < 4.78 is 4.35.